The lowest BCUT2D eigenvalue weighted by atomic mass is 10.3. The third-order valence-corrected chi connectivity index (χ3v) is 4.70. The van der Waals surface area contributed by atoms with E-state index in [1.807, 2.05) is 0 Å². The standard InChI is InChI=1S/C13H14BrFN2O3S/c1-8-13(6-10(20-8)7-16-2)21(18,19)17-12-5-9(14)3-4-11(12)15/h3-6,16-17H,7H2,1-2H3. The maximum atomic E-state index is 13.7. The van der Waals surface area contributed by atoms with Crippen LogP contribution < -0.4 is 10.0 Å². The van der Waals surface area contributed by atoms with E-state index in [4.69, 9.17) is 4.42 Å². The molecule has 114 valence electrons. The molecule has 2 N–H and O–H groups in total. The Labute approximate surface area is 130 Å². The van der Waals surface area contributed by atoms with Gasteiger partial charge >= 0.3 is 0 Å². The lowest BCUT2D eigenvalue weighted by molar-refractivity contribution is 0.466. The molecule has 0 saturated carbocycles. The van der Waals surface area contributed by atoms with Gasteiger partial charge in [0.05, 0.1) is 12.2 Å². The number of aryl methyl sites for hydroxylation is 1. The molecule has 0 unspecified atom stereocenters. The van der Waals surface area contributed by atoms with Crippen LogP contribution >= 0.6 is 15.9 Å². The van der Waals surface area contributed by atoms with Crippen LogP contribution in [-0.2, 0) is 16.6 Å². The van der Waals surface area contributed by atoms with Crippen molar-refractivity contribution >= 4 is 31.6 Å². The van der Waals surface area contributed by atoms with Gasteiger partial charge in [-0.3, -0.25) is 4.72 Å². The van der Waals surface area contributed by atoms with Crippen molar-refractivity contribution < 1.29 is 17.2 Å². The molecule has 0 aliphatic carbocycles. The van der Waals surface area contributed by atoms with E-state index in [1.54, 1.807) is 14.0 Å². The van der Waals surface area contributed by atoms with Crippen molar-refractivity contribution in [1.82, 2.24) is 5.32 Å². The molecule has 1 aromatic carbocycles. The summed E-state index contributed by atoms with van der Waals surface area (Å²) in [6.45, 7) is 1.95. The number of hydrogen-bond acceptors (Lipinski definition) is 4. The van der Waals surface area contributed by atoms with E-state index in [0.717, 1.165) is 0 Å². The molecule has 0 aliphatic rings. The van der Waals surface area contributed by atoms with Gasteiger partial charge in [-0.1, -0.05) is 15.9 Å². The molecular weight excluding hydrogens is 363 g/mol. The zero-order valence-corrected chi connectivity index (χ0v) is 13.8. The van der Waals surface area contributed by atoms with Crippen molar-refractivity contribution in [2.45, 2.75) is 18.4 Å². The molecule has 2 rings (SSSR count). The predicted molar refractivity (Wildman–Crippen MR) is 81.1 cm³/mol. The van der Waals surface area contributed by atoms with Crippen LogP contribution in [0, 0.1) is 12.7 Å². The molecule has 5 nitrogen and oxygen atoms in total. The summed E-state index contributed by atoms with van der Waals surface area (Å²) in [6.07, 6.45) is 0. The zero-order chi connectivity index (χ0) is 15.6. The van der Waals surface area contributed by atoms with Gasteiger partial charge in [0, 0.05) is 10.5 Å². The zero-order valence-electron chi connectivity index (χ0n) is 11.4. The number of furan rings is 1. The van der Waals surface area contributed by atoms with E-state index >= 15 is 0 Å². The molecule has 1 aromatic heterocycles. The number of anilines is 1. The maximum Gasteiger partial charge on any atom is 0.265 e. The molecule has 0 saturated heterocycles. The average Bonchev–Trinajstić information content (AvgIpc) is 2.76. The molecule has 8 heteroatoms. The Kier molecular flexibility index (Phi) is 4.70. The van der Waals surface area contributed by atoms with E-state index in [9.17, 15) is 12.8 Å². The predicted octanol–water partition coefficient (Wildman–Crippen LogP) is 3.01. The minimum atomic E-state index is -3.91. The molecule has 0 spiro atoms. The fourth-order valence-electron chi connectivity index (χ4n) is 1.83. The first-order valence-electron chi connectivity index (χ1n) is 6.05. The van der Waals surface area contributed by atoms with Gasteiger partial charge in [-0.05, 0) is 32.2 Å². The number of benzene rings is 1. The van der Waals surface area contributed by atoms with Crippen LogP contribution in [0.15, 0.2) is 38.1 Å². The maximum absolute atomic E-state index is 13.7. The first-order valence-corrected chi connectivity index (χ1v) is 8.33. The Hall–Kier alpha value is -1.38. The summed E-state index contributed by atoms with van der Waals surface area (Å²) in [7, 11) is -2.19. The Bertz CT molecular complexity index is 759. The summed E-state index contributed by atoms with van der Waals surface area (Å²) >= 11 is 3.17. The van der Waals surface area contributed by atoms with Gasteiger partial charge in [0.15, 0.2) is 0 Å². The highest BCUT2D eigenvalue weighted by atomic mass is 79.9. The van der Waals surface area contributed by atoms with Gasteiger partial charge < -0.3 is 9.73 Å². The fraction of sp³-hybridized carbons (Fsp3) is 0.231. The van der Waals surface area contributed by atoms with Crippen LogP contribution in [-0.4, -0.2) is 15.5 Å². The molecular formula is C13H14BrFN2O3S. The third-order valence-electron chi connectivity index (χ3n) is 2.74. The van der Waals surface area contributed by atoms with E-state index < -0.39 is 15.8 Å². The fourth-order valence-corrected chi connectivity index (χ4v) is 3.45. The lowest BCUT2D eigenvalue weighted by Crippen LogP contribution is -2.14. The SMILES string of the molecule is CNCc1cc(S(=O)(=O)Nc2cc(Br)ccc2F)c(C)o1. The van der Waals surface area contributed by atoms with E-state index in [0.29, 0.717) is 16.8 Å². The monoisotopic (exact) mass is 376 g/mol. The first-order chi connectivity index (χ1) is 9.83. The van der Waals surface area contributed by atoms with Crippen LogP contribution in [0.25, 0.3) is 0 Å². The van der Waals surface area contributed by atoms with Crippen molar-refractivity contribution in [3.8, 4) is 0 Å². The van der Waals surface area contributed by atoms with Crippen LogP contribution in [0.3, 0.4) is 0 Å². The topological polar surface area (TPSA) is 71.3 Å². The molecule has 0 fully saturated rings. The van der Waals surface area contributed by atoms with E-state index in [-0.39, 0.29) is 16.3 Å². The highest BCUT2D eigenvalue weighted by Crippen LogP contribution is 2.26. The molecule has 0 atom stereocenters. The van der Waals surface area contributed by atoms with Crippen molar-refractivity contribution in [3.63, 3.8) is 0 Å². The van der Waals surface area contributed by atoms with Gasteiger partial charge in [0.25, 0.3) is 10.0 Å². The Balaban J connectivity index is 2.36. The summed E-state index contributed by atoms with van der Waals surface area (Å²) in [5.74, 6) is 0.0895. The van der Waals surface area contributed by atoms with Crippen molar-refractivity contribution in [2.75, 3.05) is 11.8 Å². The molecule has 0 bridgehead atoms. The summed E-state index contributed by atoms with van der Waals surface area (Å²) in [4.78, 5) is -0.00729. The van der Waals surface area contributed by atoms with E-state index in [1.165, 1.54) is 24.3 Å². The Morgan fingerprint density at radius 2 is 2.05 bits per heavy atom. The van der Waals surface area contributed by atoms with Gasteiger partial charge in [-0.2, -0.15) is 0 Å². The van der Waals surface area contributed by atoms with Crippen LogP contribution in [0.4, 0.5) is 10.1 Å². The number of halogens is 2. The number of hydrogen-bond donors (Lipinski definition) is 2. The number of rotatable bonds is 5. The Morgan fingerprint density at radius 1 is 1.33 bits per heavy atom. The summed E-state index contributed by atoms with van der Waals surface area (Å²) < 4.78 is 46.5. The lowest BCUT2D eigenvalue weighted by Gasteiger charge is -2.08. The van der Waals surface area contributed by atoms with Crippen LogP contribution in [0.5, 0.6) is 0 Å². The van der Waals surface area contributed by atoms with Crippen LogP contribution in [0.1, 0.15) is 11.5 Å². The number of sulfonamides is 1. The molecule has 1 heterocycles. The second-order valence-corrected chi connectivity index (χ2v) is 6.96. The van der Waals surface area contributed by atoms with Crippen molar-refractivity contribution in [3.05, 3.63) is 46.1 Å². The summed E-state index contributed by atoms with van der Waals surface area (Å²) in [5, 5.41) is 2.87. The second-order valence-electron chi connectivity index (χ2n) is 4.39. The highest BCUT2D eigenvalue weighted by Gasteiger charge is 2.22. The average molecular weight is 377 g/mol. The van der Waals surface area contributed by atoms with Crippen LogP contribution in [0.2, 0.25) is 0 Å². The number of nitrogens with one attached hydrogen (secondary N) is 2. The summed E-state index contributed by atoms with van der Waals surface area (Å²) in [6, 6.07) is 5.44. The third kappa shape index (κ3) is 3.63. The smallest absolute Gasteiger partial charge is 0.265 e. The largest absolute Gasteiger partial charge is 0.464 e. The minimum absolute atomic E-state index is 0.00729. The van der Waals surface area contributed by atoms with Gasteiger partial charge in [-0.15, -0.1) is 0 Å². The Morgan fingerprint density at radius 3 is 2.71 bits per heavy atom. The normalized spacial score (nSPS) is 11.6. The highest BCUT2D eigenvalue weighted by molar-refractivity contribution is 9.10. The van der Waals surface area contributed by atoms with Gasteiger partial charge in [-0.25, -0.2) is 12.8 Å². The van der Waals surface area contributed by atoms with Crippen molar-refractivity contribution in [2.24, 2.45) is 0 Å². The molecule has 0 aliphatic heterocycles. The molecule has 21 heavy (non-hydrogen) atoms. The van der Waals surface area contributed by atoms with Crippen molar-refractivity contribution in [1.29, 1.82) is 0 Å². The van der Waals surface area contributed by atoms with Gasteiger partial charge in [0.2, 0.25) is 0 Å². The molecule has 2 aromatic rings. The van der Waals surface area contributed by atoms with Gasteiger partial charge in [0.1, 0.15) is 22.2 Å². The van der Waals surface area contributed by atoms with E-state index in [2.05, 4.69) is 26.0 Å². The molecule has 0 amide bonds. The second kappa shape index (κ2) is 6.17. The minimum Gasteiger partial charge on any atom is -0.464 e. The molecule has 0 radical (unpaired) electrons. The quantitative estimate of drug-likeness (QED) is 0.841. The first kappa shape index (κ1) is 16.0. The summed E-state index contributed by atoms with van der Waals surface area (Å²) in [5.41, 5.74) is -0.125.